The minimum absolute atomic E-state index is 0.0510. The van der Waals surface area contributed by atoms with Gasteiger partial charge in [-0.05, 0) is 38.0 Å². The number of pyridine rings is 1. The van der Waals surface area contributed by atoms with Gasteiger partial charge in [-0.3, -0.25) is 9.78 Å². The molecular formula is C19H18N4O2. The maximum absolute atomic E-state index is 13.1. The molecule has 1 aliphatic rings. The lowest BCUT2D eigenvalue weighted by molar-refractivity contribution is 0.0981. The van der Waals surface area contributed by atoms with Crippen molar-refractivity contribution in [2.75, 3.05) is 10.2 Å². The van der Waals surface area contributed by atoms with E-state index in [0.717, 1.165) is 12.1 Å². The van der Waals surface area contributed by atoms with Crippen LogP contribution in [0.1, 0.15) is 28.6 Å². The molecule has 0 saturated heterocycles. The van der Waals surface area contributed by atoms with Gasteiger partial charge in [-0.1, -0.05) is 23.4 Å². The smallest absolute Gasteiger partial charge is 0.260 e. The number of rotatable bonds is 3. The Morgan fingerprint density at radius 3 is 2.92 bits per heavy atom. The first-order chi connectivity index (χ1) is 12.1. The number of para-hydroxylation sites is 1. The number of amides is 1. The van der Waals surface area contributed by atoms with Crippen molar-refractivity contribution < 1.29 is 9.32 Å². The van der Waals surface area contributed by atoms with Crippen LogP contribution in [0.4, 0.5) is 17.2 Å². The first-order valence-corrected chi connectivity index (χ1v) is 8.18. The van der Waals surface area contributed by atoms with Crippen LogP contribution >= 0.6 is 0 Å². The highest BCUT2D eigenvalue weighted by Crippen LogP contribution is 2.33. The van der Waals surface area contributed by atoms with Crippen LogP contribution in [0, 0.1) is 6.92 Å². The molecule has 0 fully saturated rings. The zero-order valence-electron chi connectivity index (χ0n) is 14.1. The monoisotopic (exact) mass is 334 g/mol. The third kappa shape index (κ3) is 2.87. The fraction of sp³-hybridized carbons (Fsp3) is 0.211. The third-order valence-electron chi connectivity index (χ3n) is 4.31. The van der Waals surface area contributed by atoms with Crippen molar-refractivity contribution in [3.63, 3.8) is 0 Å². The number of hydrogen-bond acceptors (Lipinski definition) is 5. The van der Waals surface area contributed by atoms with E-state index in [-0.39, 0.29) is 11.9 Å². The number of anilines is 3. The van der Waals surface area contributed by atoms with Crippen molar-refractivity contribution in [2.24, 2.45) is 0 Å². The number of aryl methyl sites for hydroxylation is 1. The molecule has 126 valence electrons. The number of nitrogens with one attached hydrogen (secondary N) is 1. The van der Waals surface area contributed by atoms with E-state index in [0.29, 0.717) is 22.8 Å². The van der Waals surface area contributed by atoms with Gasteiger partial charge in [0.25, 0.3) is 5.91 Å². The van der Waals surface area contributed by atoms with Crippen molar-refractivity contribution in [1.29, 1.82) is 0 Å². The van der Waals surface area contributed by atoms with Crippen molar-refractivity contribution in [2.45, 2.75) is 26.3 Å². The minimum atomic E-state index is -0.0510. The number of fused-ring (bicyclic) bond motifs is 1. The Bertz CT molecular complexity index is 934. The van der Waals surface area contributed by atoms with Crippen LogP contribution in [0.3, 0.4) is 0 Å². The summed E-state index contributed by atoms with van der Waals surface area (Å²) in [6.07, 6.45) is 4.11. The Labute approximate surface area is 145 Å². The first kappa shape index (κ1) is 15.4. The Kier molecular flexibility index (Phi) is 3.72. The summed E-state index contributed by atoms with van der Waals surface area (Å²) in [6, 6.07) is 11.7. The maximum atomic E-state index is 13.1. The number of benzene rings is 1. The molecule has 1 unspecified atom stereocenters. The van der Waals surface area contributed by atoms with Gasteiger partial charge in [0, 0.05) is 24.0 Å². The van der Waals surface area contributed by atoms with E-state index in [2.05, 4.69) is 28.4 Å². The molecule has 0 bridgehead atoms. The average Bonchev–Trinajstić information content (AvgIpc) is 3.16. The van der Waals surface area contributed by atoms with Gasteiger partial charge in [0.15, 0.2) is 5.82 Å². The number of hydrogen-bond donors (Lipinski definition) is 1. The lowest BCUT2D eigenvalue weighted by atomic mass is 10.1. The molecule has 0 radical (unpaired) electrons. The van der Waals surface area contributed by atoms with E-state index in [1.807, 2.05) is 30.0 Å². The van der Waals surface area contributed by atoms with Crippen molar-refractivity contribution in [1.82, 2.24) is 10.1 Å². The maximum Gasteiger partial charge on any atom is 0.260 e. The molecule has 0 saturated carbocycles. The molecule has 0 aliphatic carbocycles. The van der Waals surface area contributed by atoms with Crippen LogP contribution < -0.4 is 10.2 Å². The summed E-state index contributed by atoms with van der Waals surface area (Å²) in [4.78, 5) is 19.1. The molecule has 6 nitrogen and oxygen atoms in total. The molecule has 1 aliphatic heterocycles. The van der Waals surface area contributed by atoms with E-state index >= 15 is 0 Å². The Balaban J connectivity index is 1.61. The van der Waals surface area contributed by atoms with E-state index in [1.165, 1.54) is 5.56 Å². The number of nitrogens with zero attached hydrogens (tertiary/aromatic N) is 3. The molecule has 1 amide bonds. The largest absolute Gasteiger partial charge is 0.360 e. The summed E-state index contributed by atoms with van der Waals surface area (Å²) in [5.41, 5.74) is 3.40. The van der Waals surface area contributed by atoms with Crippen molar-refractivity contribution in [3.05, 3.63) is 65.7 Å². The molecule has 1 atom stereocenters. The molecule has 2 aromatic heterocycles. The van der Waals surface area contributed by atoms with Gasteiger partial charge < -0.3 is 14.7 Å². The van der Waals surface area contributed by atoms with Gasteiger partial charge in [0.1, 0.15) is 5.76 Å². The molecule has 1 N–H and O–H groups in total. The third-order valence-corrected chi connectivity index (χ3v) is 4.31. The van der Waals surface area contributed by atoms with Crippen LogP contribution in [0.15, 0.2) is 53.3 Å². The summed E-state index contributed by atoms with van der Waals surface area (Å²) in [6.45, 7) is 3.88. The summed E-state index contributed by atoms with van der Waals surface area (Å²) in [5.74, 6) is 1.25. The molecule has 4 rings (SSSR count). The quantitative estimate of drug-likeness (QED) is 0.790. The molecule has 25 heavy (non-hydrogen) atoms. The van der Waals surface area contributed by atoms with Crippen LogP contribution in [0.2, 0.25) is 0 Å². The molecule has 6 heteroatoms. The zero-order valence-corrected chi connectivity index (χ0v) is 14.1. The standard InChI is InChI=1S/C19H18N4O2/c1-12-7-14-5-3-4-6-17(14)23(12)19(24)15-9-16(11-20-10-15)21-18-8-13(2)25-22-18/h3-6,8-12H,7H2,1-2H3,(H,21,22). The van der Waals surface area contributed by atoms with Crippen LogP contribution in [0.25, 0.3) is 0 Å². The highest BCUT2D eigenvalue weighted by molar-refractivity contribution is 6.08. The second-order valence-corrected chi connectivity index (χ2v) is 6.27. The number of carbonyl (C=O) groups is 1. The molecule has 3 aromatic rings. The van der Waals surface area contributed by atoms with Gasteiger partial charge in [0.05, 0.1) is 17.4 Å². The normalized spacial score (nSPS) is 15.9. The lowest BCUT2D eigenvalue weighted by Crippen LogP contribution is -2.35. The summed E-state index contributed by atoms with van der Waals surface area (Å²) in [7, 11) is 0. The highest BCUT2D eigenvalue weighted by atomic mass is 16.5. The van der Waals surface area contributed by atoms with Gasteiger partial charge in [-0.2, -0.15) is 0 Å². The topological polar surface area (TPSA) is 71.3 Å². The van der Waals surface area contributed by atoms with Crippen LogP contribution in [-0.2, 0) is 6.42 Å². The number of carbonyl (C=O) groups excluding carboxylic acids is 1. The SMILES string of the molecule is Cc1cc(Nc2cncc(C(=O)N3c4ccccc4CC3C)c2)no1. The fourth-order valence-electron chi connectivity index (χ4n) is 3.21. The van der Waals surface area contributed by atoms with E-state index in [1.54, 1.807) is 24.5 Å². The second-order valence-electron chi connectivity index (χ2n) is 6.27. The molecule has 0 spiro atoms. The van der Waals surface area contributed by atoms with Gasteiger partial charge in [-0.25, -0.2) is 0 Å². The summed E-state index contributed by atoms with van der Waals surface area (Å²) < 4.78 is 5.04. The van der Waals surface area contributed by atoms with E-state index in [4.69, 9.17) is 4.52 Å². The van der Waals surface area contributed by atoms with Crippen molar-refractivity contribution >= 4 is 23.1 Å². The van der Waals surface area contributed by atoms with Gasteiger partial charge >= 0.3 is 0 Å². The van der Waals surface area contributed by atoms with E-state index < -0.39 is 0 Å². The average molecular weight is 334 g/mol. The lowest BCUT2D eigenvalue weighted by Gasteiger charge is -2.22. The van der Waals surface area contributed by atoms with Gasteiger partial charge in [-0.15, -0.1) is 0 Å². The predicted molar refractivity (Wildman–Crippen MR) is 95.2 cm³/mol. The van der Waals surface area contributed by atoms with Gasteiger partial charge in [0.2, 0.25) is 0 Å². The van der Waals surface area contributed by atoms with E-state index in [9.17, 15) is 4.79 Å². The Hall–Kier alpha value is -3.15. The minimum Gasteiger partial charge on any atom is -0.360 e. The van der Waals surface area contributed by atoms with Crippen molar-refractivity contribution in [3.8, 4) is 0 Å². The Morgan fingerprint density at radius 1 is 1.28 bits per heavy atom. The van der Waals surface area contributed by atoms with Crippen LogP contribution in [-0.4, -0.2) is 22.1 Å². The first-order valence-electron chi connectivity index (χ1n) is 8.18. The molecule has 1 aromatic carbocycles. The Morgan fingerprint density at radius 2 is 2.12 bits per heavy atom. The highest BCUT2D eigenvalue weighted by Gasteiger charge is 2.31. The summed E-state index contributed by atoms with van der Waals surface area (Å²) in [5, 5.41) is 7.00. The summed E-state index contributed by atoms with van der Waals surface area (Å²) >= 11 is 0. The zero-order chi connectivity index (χ0) is 17.4. The van der Waals surface area contributed by atoms with Crippen LogP contribution in [0.5, 0.6) is 0 Å². The fourth-order valence-corrected chi connectivity index (χ4v) is 3.21. The predicted octanol–water partition coefficient (Wildman–Crippen LogP) is 3.71. The molecule has 3 heterocycles. The number of aromatic nitrogens is 2. The molecular weight excluding hydrogens is 316 g/mol. The second kappa shape index (κ2) is 6.05.